The molecule has 66 valence electrons. The van der Waals surface area contributed by atoms with Crippen LogP contribution in [0.1, 0.15) is 20.8 Å². The lowest BCUT2D eigenvalue weighted by atomic mass is 9.92. The first-order valence-electron chi connectivity index (χ1n) is 4.37. The maximum atomic E-state index is 4.33. The second kappa shape index (κ2) is 3.36. The monoisotopic (exact) mass is 173 g/mol. The minimum atomic E-state index is 0.392. The molecule has 0 N–H and O–H groups in total. The minimum Gasteiger partial charge on any atom is -0.302 e. The zero-order chi connectivity index (χ0) is 8.48. The third-order valence-corrected chi connectivity index (χ3v) is 3.08. The van der Waals surface area contributed by atoms with Crippen LogP contribution in [0.2, 0.25) is 0 Å². The van der Waals surface area contributed by atoms with E-state index in [1.54, 1.807) is 0 Å². The summed E-state index contributed by atoms with van der Waals surface area (Å²) < 4.78 is 0. The summed E-state index contributed by atoms with van der Waals surface area (Å²) in [4.78, 5) is 2.51. The van der Waals surface area contributed by atoms with Crippen LogP contribution in [-0.2, 0) is 0 Å². The van der Waals surface area contributed by atoms with Gasteiger partial charge in [-0.05, 0) is 17.1 Å². The zero-order valence-corrected chi connectivity index (χ0v) is 8.69. The van der Waals surface area contributed by atoms with Crippen molar-refractivity contribution in [2.24, 2.45) is 11.3 Å². The van der Waals surface area contributed by atoms with Gasteiger partial charge in [0, 0.05) is 19.6 Å². The van der Waals surface area contributed by atoms with Gasteiger partial charge in [0.2, 0.25) is 0 Å². The normalized spacial score (nSPS) is 21.8. The van der Waals surface area contributed by atoms with Gasteiger partial charge in [0.15, 0.2) is 0 Å². The highest BCUT2D eigenvalue weighted by molar-refractivity contribution is 7.80. The van der Waals surface area contributed by atoms with Gasteiger partial charge in [-0.15, -0.1) is 0 Å². The molecular weight excluding hydrogens is 154 g/mol. The van der Waals surface area contributed by atoms with Gasteiger partial charge < -0.3 is 4.90 Å². The second-order valence-electron chi connectivity index (χ2n) is 4.62. The smallest absolute Gasteiger partial charge is 0.00407 e. The first-order chi connectivity index (χ1) is 5.03. The summed E-state index contributed by atoms with van der Waals surface area (Å²) in [6, 6.07) is 0. The maximum Gasteiger partial charge on any atom is 0.00407 e. The van der Waals surface area contributed by atoms with Crippen LogP contribution < -0.4 is 0 Å². The van der Waals surface area contributed by atoms with E-state index in [1.165, 1.54) is 19.6 Å². The molecule has 1 aliphatic heterocycles. The molecule has 0 bridgehead atoms. The SMILES string of the molecule is CC1CN(CC(C)(C)CS)C1. The lowest BCUT2D eigenvalue weighted by molar-refractivity contribution is 0.0753. The van der Waals surface area contributed by atoms with E-state index in [1.807, 2.05) is 0 Å². The van der Waals surface area contributed by atoms with Crippen LogP contribution in [-0.4, -0.2) is 30.3 Å². The van der Waals surface area contributed by atoms with Gasteiger partial charge in [-0.25, -0.2) is 0 Å². The van der Waals surface area contributed by atoms with E-state index in [0.29, 0.717) is 5.41 Å². The first kappa shape index (κ1) is 9.40. The summed E-state index contributed by atoms with van der Waals surface area (Å²) in [5.41, 5.74) is 0.392. The maximum absolute atomic E-state index is 4.33. The highest BCUT2D eigenvalue weighted by atomic mass is 32.1. The second-order valence-corrected chi connectivity index (χ2v) is 4.94. The summed E-state index contributed by atoms with van der Waals surface area (Å²) >= 11 is 4.33. The fourth-order valence-electron chi connectivity index (χ4n) is 1.61. The van der Waals surface area contributed by atoms with E-state index in [4.69, 9.17) is 0 Å². The Balaban J connectivity index is 2.21. The molecule has 0 unspecified atom stereocenters. The molecule has 0 amide bonds. The van der Waals surface area contributed by atoms with E-state index in [9.17, 15) is 0 Å². The van der Waals surface area contributed by atoms with Crippen LogP contribution in [0.25, 0.3) is 0 Å². The molecule has 2 heteroatoms. The Kier molecular flexibility index (Phi) is 2.87. The standard InChI is InChI=1S/C9H19NS/c1-8-4-10(5-8)6-9(2,3)7-11/h8,11H,4-7H2,1-3H3. The van der Waals surface area contributed by atoms with Gasteiger partial charge in [0.1, 0.15) is 0 Å². The van der Waals surface area contributed by atoms with Crippen molar-refractivity contribution in [2.75, 3.05) is 25.4 Å². The molecular formula is C9H19NS. The highest BCUT2D eigenvalue weighted by Crippen LogP contribution is 2.23. The van der Waals surface area contributed by atoms with E-state index in [0.717, 1.165) is 11.7 Å². The Labute approximate surface area is 75.6 Å². The molecule has 1 heterocycles. The Bertz CT molecular complexity index is 128. The molecule has 1 aliphatic rings. The lowest BCUT2D eigenvalue weighted by Gasteiger charge is -2.41. The van der Waals surface area contributed by atoms with Crippen LogP contribution in [0.4, 0.5) is 0 Å². The summed E-state index contributed by atoms with van der Waals surface area (Å²) in [7, 11) is 0. The largest absolute Gasteiger partial charge is 0.302 e. The van der Waals surface area contributed by atoms with Crippen molar-refractivity contribution in [1.82, 2.24) is 4.90 Å². The fraction of sp³-hybridized carbons (Fsp3) is 1.00. The summed E-state index contributed by atoms with van der Waals surface area (Å²) in [6.07, 6.45) is 0. The summed E-state index contributed by atoms with van der Waals surface area (Å²) in [6.45, 7) is 10.7. The van der Waals surface area contributed by atoms with Crippen LogP contribution in [0.3, 0.4) is 0 Å². The molecule has 0 spiro atoms. The number of hydrogen-bond donors (Lipinski definition) is 1. The van der Waals surface area contributed by atoms with Gasteiger partial charge in [-0.1, -0.05) is 20.8 Å². The van der Waals surface area contributed by atoms with Crippen LogP contribution in [0.5, 0.6) is 0 Å². The predicted octanol–water partition coefficient (Wildman–Crippen LogP) is 1.89. The third-order valence-electron chi connectivity index (χ3n) is 2.22. The van der Waals surface area contributed by atoms with Crippen molar-refractivity contribution in [2.45, 2.75) is 20.8 Å². The minimum absolute atomic E-state index is 0.392. The van der Waals surface area contributed by atoms with Crippen LogP contribution >= 0.6 is 12.6 Å². The van der Waals surface area contributed by atoms with E-state index in [2.05, 4.69) is 38.3 Å². The van der Waals surface area contributed by atoms with Crippen LogP contribution in [0, 0.1) is 11.3 Å². The molecule has 1 nitrogen and oxygen atoms in total. The van der Waals surface area contributed by atoms with Gasteiger partial charge in [0.25, 0.3) is 0 Å². The highest BCUT2D eigenvalue weighted by Gasteiger charge is 2.27. The summed E-state index contributed by atoms with van der Waals surface area (Å²) in [5, 5.41) is 0. The third kappa shape index (κ3) is 2.68. The van der Waals surface area contributed by atoms with Gasteiger partial charge >= 0.3 is 0 Å². The van der Waals surface area contributed by atoms with Crippen LogP contribution in [0.15, 0.2) is 0 Å². The van der Waals surface area contributed by atoms with Gasteiger partial charge in [-0.2, -0.15) is 12.6 Å². The Morgan fingerprint density at radius 2 is 2.00 bits per heavy atom. The fourth-order valence-corrected chi connectivity index (χ4v) is 1.71. The lowest BCUT2D eigenvalue weighted by Crippen LogP contribution is -2.49. The number of likely N-dealkylation sites (tertiary alicyclic amines) is 1. The average molecular weight is 173 g/mol. The van der Waals surface area contributed by atoms with E-state index in [-0.39, 0.29) is 0 Å². The van der Waals surface area contributed by atoms with Crippen molar-refractivity contribution in [3.05, 3.63) is 0 Å². The average Bonchev–Trinajstić information content (AvgIpc) is 1.84. The molecule has 1 fully saturated rings. The number of hydrogen-bond acceptors (Lipinski definition) is 2. The van der Waals surface area contributed by atoms with Crippen molar-refractivity contribution < 1.29 is 0 Å². The number of rotatable bonds is 3. The number of nitrogens with zero attached hydrogens (tertiary/aromatic N) is 1. The van der Waals surface area contributed by atoms with Crippen molar-refractivity contribution >= 4 is 12.6 Å². The molecule has 0 aromatic carbocycles. The molecule has 0 aliphatic carbocycles. The Hall–Kier alpha value is 0.310. The molecule has 0 saturated carbocycles. The van der Waals surface area contributed by atoms with Crippen molar-refractivity contribution in [1.29, 1.82) is 0 Å². The predicted molar refractivity (Wildman–Crippen MR) is 53.2 cm³/mol. The van der Waals surface area contributed by atoms with Crippen molar-refractivity contribution in [3.8, 4) is 0 Å². The number of thiol groups is 1. The molecule has 0 aromatic heterocycles. The van der Waals surface area contributed by atoms with E-state index >= 15 is 0 Å². The van der Waals surface area contributed by atoms with Gasteiger partial charge in [0.05, 0.1) is 0 Å². The Morgan fingerprint density at radius 1 is 1.45 bits per heavy atom. The molecule has 0 radical (unpaired) electrons. The first-order valence-corrected chi connectivity index (χ1v) is 5.00. The van der Waals surface area contributed by atoms with Crippen molar-refractivity contribution in [3.63, 3.8) is 0 Å². The molecule has 11 heavy (non-hydrogen) atoms. The Morgan fingerprint density at radius 3 is 2.36 bits per heavy atom. The van der Waals surface area contributed by atoms with E-state index < -0.39 is 0 Å². The molecule has 0 atom stereocenters. The molecule has 0 aromatic rings. The molecule has 1 saturated heterocycles. The zero-order valence-electron chi connectivity index (χ0n) is 7.80. The molecule has 1 rings (SSSR count). The summed E-state index contributed by atoms with van der Waals surface area (Å²) in [5.74, 6) is 1.91. The topological polar surface area (TPSA) is 3.24 Å². The quantitative estimate of drug-likeness (QED) is 0.638. The van der Waals surface area contributed by atoms with Gasteiger partial charge in [-0.3, -0.25) is 0 Å².